The van der Waals surface area contributed by atoms with E-state index in [9.17, 15) is 62.3 Å². The van der Waals surface area contributed by atoms with Crippen LogP contribution in [0.15, 0.2) is 59.7 Å². The van der Waals surface area contributed by atoms with E-state index in [4.69, 9.17) is 71.1 Å². The zero-order valence-corrected chi connectivity index (χ0v) is 54.3. The van der Waals surface area contributed by atoms with Gasteiger partial charge in [-0.15, -0.1) is 5.10 Å². The monoisotopic (exact) mass is 1410 g/mol. The number of aromatic nitrogens is 4. The summed E-state index contributed by atoms with van der Waals surface area (Å²) < 4.78 is 137. The number of nitrogens with zero attached hydrogens (tertiary/aromatic N) is 5. The molecule has 4 bridgehead atoms. The molecule has 4 amide bonds. The van der Waals surface area contributed by atoms with Crippen LogP contribution in [0, 0.1) is 11.7 Å². The molecular weight excluding hydrogens is 1330 g/mol. The lowest BCUT2D eigenvalue weighted by atomic mass is 9.85. The third kappa shape index (κ3) is 24.8. The predicted octanol–water partition coefficient (Wildman–Crippen LogP) is 0.00980. The molecule has 0 spiro atoms. The number of alkyl halides is 3. The van der Waals surface area contributed by atoms with Gasteiger partial charge < -0.3 is 113 Å². The van der Waals surface area contributed by atoms with Crippen LogP contribution < -0.4 is 20.7 Å². The highest BCUT2D eigenvalue weighted by molar-refractivity contribution is 5.90. The quantitative estimate of drug-likeness (QED) is 0.0164. The van der Waals surface area contributed by atoms with Crippen LogP contribution in [0.3, 0.4) is 0 Å². The molecule has 4 aromatic rings. The van der Waals surface area contributed by atoms with Crippen LogP contribution in [0.25, 0.3) is 28.0 Å². The number of hydrogen-bond donors (Lipinski definition) is 8. The van der Waals surface area contributed by atoms with Gasteiger partial charge in [-0.05, 0) is 42.8 Å². The van der Waals surface area contributed by atoms with Gasteiger partial charge in [0.25, 0.3) is 0 Å². The molecule has 36 heteroatoms. The van der Waals surface area contributed by atoms with E-state index in [0.29, 0.717) is 67.4 Å². The highest BCUT2D eigenvalue weighted by Gasteiger charge is 2.59. The summed E-state index contributed by atoms with van der Waals surface area (Å²) in [5.41, 5.74) is -0.572. The Labute approximate surface area is 566 Å². The minimum absolute atomic E-state index is 0.00122. The Balaban J connectivity index is 0.652. The van der Waals surface area contributed by atoms with Crippen molar-refractivity contribution in [1.82, 2.24) is 35.9 Å². The van der Waals surface area contributed by atoms with Gasteiger partial charge in [0.05, 0.1) is 199 Å². The highest BCUT2D eigenvalue weighted by Crippen LogP contribution is 2.40. The number of phenols is 1. The zero-order valence-electron chi connectivity index (χ0n) is 54.3. The molecule has 10 atom stereocenters. The second kappa shape index (κ2) is 40.1. The molecule has 550 valence electrons. The topological polar surface area (TPSA) is 400 Å². The summed E-state index contributed by atoms with van der Waals surface area (Å²) in [4.78, 5) is 57.0. The number of aliphatic hydroxyl groups excluding tert-OH is 4. The third-order valence-corrected chi connectivity index (χ3v) is 15.7. The number of halogens is 4. The minimum atomic E-state index is -5.20. The summed E-state index contributed by atoms with van der Waals surface area (Å²) in [6, 6.07) is 12.2. The van der Waals surface area contributed by atoms with Crippen molar-refractivity contribution >= 4 is 40.7 Å². The Morgan fingerprint density at radius 1 is 0.657 bits per heavy atom. The number of aliphatic hydroxyl groups is 4. The summed E-state index contributed by atoms with van der Waals surface area (Å²) in [6.07, 6.45) is -9.43. The summed E-state index contributed by atoms with van der Waals surface area (Å²) in [5.74, 6) is -5.28. The summed E-state index contributed by atoms with van der Waals surface area (Å²) in [5, 5.41) is 68.6. The lowest BCUT2D eigenvalue weighted by molar-refractivity contribution is -0.238. The molecule has 99 heavy (non-hydrogen) atoms. The number of ether oxygens (including phenoxy) is 15. The maximum atomic E-state index is 14.0. The van der Waals surface area contributed by atoms with Gasteiger partial charge >= 0.3 is 12.1 Å². The normalized spacial score (nSPS) is 23.1. The molecular formula is C63H86F4N8O24. The Bertz CT molecular complexity index is 3180. The number of fused-ring (bicyclic) bond motifs is 5. The number of nitrogens with one attached hydrogen (secondary N) is 3. The largest absolute Gasteiger partial charge is 0.505 e. The number of rotatable bonds is 47. The molecule has 32 nitrogen and oxygen atoms in total. The standard InChI is InChI=1S/C63H86F4N8O24/c64-46-31-43(4-8-50(46)76)75-34-49(73-74-75)48-6-3-41-30-44(5-7-47(41)72-48)95-13-1-2-54(80)71-42(35-91-14-9-52(78)68-11-16-85-18-20-87-22-24-89-26-28-93-37-61-39-96-55(98-61)32-51(77)57(61)82)36-92-15-10-53(79)69-12-17-86-19-21-88-23-25-90-27-29-94-38-62-40-97-59(99-62)45(56(81)58(62)83)33-70-60(84)63(65,66)67/h3-8,30-31,33-34,42,45,51,55-59,76-77,81-83H,1-2,9-29,32,35-40H2,(H,68,78)(H,69,79)(H,71,80)/t42-,45?,51+,55-,56+,57+,58+,59-,61-,62-/m0/s1. The van der Waals surface area contributed by atoms with Crippen molar-refractivity contribution in [3.05, 3.63) is 60.5 Å². The molecule has 6 heterocycles. The van der Waals surface area contributed by atoms with Crippen molar-refractivity contribution in [2.24, 2.45) is 10.9 Å². The summed E-state index contributed by atoms with van der Waals surface area (Å²) in [6.45, 7) is 3.83. The second-order valence-electron chi connectivity index (χ2n) is 23.2. The first-order chi connectivity index (χ1) is 47.8. The number of hydrogen-bond acceptors (Lipinski definition) is 27. The maximum Gasteiger partial charge on any atom is 0.473 e. The first kappa shape index (κ1) is 78.1. The molecule has 8 N–H and O–H groups in total. The smallest absolute Gasteiger partial charge is 0.473 e. The van der Waals surface area contributed by atoms with Crippen molar-refractivity contribution < 1.29 is 133 Å². The Kier molecular flexibility index (Phi) is 31.6. The van der Waals surface area contributed by atoms with Crippen molar-refractivity contribution in [2.45, 2.75) is 92.5 Å². The number of carbonyl (C=O) groups is 4. The van der Waals surface area contributed by atoms with E-state index >= 15 is 0 Å². The molecule has 4 aliphatic heterocycles. The van der Waals surface area contributed by atoms with Crippen LogP contribution >= 0.6 is 0 Å². The average Bonchev–Trinajstić information content (AvgIpc) is 1.63. The fourth-order valence-electron chi connectivity index (χ4n) is 10.4. The minimum Gasteiger partial charge on any atom is -0.505 e. The summed E-state index contributed by atoms with van der Waals surface area (Å²) >= 11 is 0. The molecule has 0 saturated carbocycles. The van der Waals surface area contributed by atoms with Gasteiger partial charge in [-0.1, -0.05) is 11.3 Å². The SMILES string of the molecule is O=C(CCOC[C@@H](COCCC(=O)NCCOCCOCCOCCOC[C@@]12CO[C@@H](O1)C(C=NC(=O)C(F)(F)F)[C@@H](O)[C@H]2O)NC(=O)CCCOc1ccc2nc(-c3cn(-c4ccc(O)c(F)c4)nn3)ccc2c1)NCCOCCOCCOCCOC[C@]12CO[C@H](C[C@@H](O)[C@H]1O)O2. The number of aromatic hydroxyl groups is 1. The van der Waals surface area contributed by atoms with Crippen LogP contribution in [0.4, 0.5) is 17.6 Å². The number of pyridine rings is 1. The number of carbonyl (C=O) groups excluding carboxylic acids is 4. The van der Waals surface area contributed by atoms with E-state index in [-0.39, 0.29) is 182 Å². The predicted molar refractivity (Wildman–Crippen MR) is 333 cm³/mol. The third-order valence-electron chi connectivity index (χ3n) is 15.7. The Morgan fingerprint density at radius 3 is 1.85 bits per heavy atom. The Hall–Kier alpha value is -6.66. The molecule has 4 saturated heterocycles. The van der Waals surface area contributed by atoms with E-state index in [2.05, 4.69) is 36.2 Å². The van der Waals surface area contributed by atoms with Gasteiger partial charge in [-0.2, -0.15) is 13.2 Å². The number of phenolic OH excluding ortho intramolecular Hbond substituents is 1. The second-order valence-corrected chi connectivity index (χ2v) is 23.2. The molecule has 2 aromatic carbocycles. The van der Waals surface area contributed by atoms with E-state index in [1.807, 2.05) is 12.1 Å². The summed E-state index contributed by atoms with van der Waals surface area (Å²) in [7, 11) is 0. The lowest BCUT2D eigenvalue weighted by Gasteiger charge is -2.41. The molecule has 1 unspecified atom stereocenters. The van der Waals surface area contributed by atoms with Crippen molar-refractivity contribution in [3.8, 4) is 28.6 Å². The number of benzene rings is 2. The average molecular weight is 1420 g/mol. The van der Waals surface area contributed by atoms with Crippen LogP contribution in [0.2, 0.25) is 0 Å². The first-order valence-electron chi connectivity index (χ1n) is 32.3. The van der Waals surface area contributed by atoms with Crippen LogP contribution in [0.5, 0.6) is 11.5 Å². The van der Waals surface area contributed by atoms with E-state index in [0.717, 1.165) is 11.5 Å². The molecule has 0 aliphatic carbocycles. The van der Waals surface area contributed by atoms with Crippen molar-refractivity contribution in [1.29, 1.82) is 0 Å². The molecule has 0 radical (unpaired) electrons. The Morgan fingerprint density at radius 2 is 1.24 bits per heavy atom. The number of amides is 4. The van der Waals surface area contributed by atoms with Gasteiger partial charge in [-0.3, -0.25) is 19.2 Å². The van der Waals surface area contributed by atoms with Gasteiger partial charge in [0.15, 0.2) is 24.1 Å². The van der Waals surface area contributed by atoms with Gasteiger partial charge in [-0.25, -0.2) is 19.0 Å². The lowest BCUT2D eigenvalue weighted by Crippen LogP contribution is -2.61. The van der Waals surface area contributed by atoms with E-state index in [1.165, 1.54) is 16.8 Å². The van der Waals surface area contributed by atoms with Crippen LogP contribution in [0.1, 0.15) is 32.1 Å². The highest BCUT2D eigenvalue weighted by atomic mass is 19.4. The van der Waals surface area contributed by atoms with Crippen LogP contribution in [-0.4, -0.2) is 301 Å². The van der Waals surface area contributed by atoms with E-state index < -0.39 is 83.8 Å². The first-order valence-corrected chi connectivity index (χ1v) is 32.3. The molecule has 8 rings (SSSR count). The van der Waals surface area contributed by atoms with Crippen molar-refractivity contribution in [3.63, 3.8) is 0 Å². The van der Waals surface area contributed by atoms with Crippen LogP contribution in [-0.2, 0) is 85.5 Å². The fourth-order valence-corrected chi connectivity index (χ4v) is 10.4. The van der Waals surface area contributed by atoms with E-state index in [1.54, 1.807) is 24.4 Å². The van der Waals surface area contributed by atoms with Gasteiger partial charge in [0.2, 0.25) is 17.7 Å². The van der Waals surface area contributed by atoms with Gasteiger partial charge in [0, 0.05) is 56.4 Å². The fraction of sp³-hybridized carbons (Fsp3) is 0.651. The molecule has 2 aromatic heterocycles. The molecule has 4 fully saturated rings. The van der Waals surface area contributed by atoms with Gasteiger partial charge in [0.1, 0.15) is 34.9 Å². The number of aliphatic imine (C=N–C) groups is 1. The zero-order chi connectivity index (χ0) is 70.5. The maximum absolute atomic E-state index is 14.0. The van der Waals surface area contributed by atoms with Crippen molar-refractivity contribution in [2.75, 3.05) is 165 Å². The molecule has 4 aliphatic rings.